The molecule has 6 heteroatoms. The zero-order chi connectivity index (χ0) is 14.4. The molecule has 1 aromatic rings. The topological polar surface area (TPSA) is 63.1 Å². The van der Waals surface area contributed by atoms with Crippen molar-refractivity contribution in [2.75, 3.05) is 6.54 Å². The van der Waals surface area contributed by atoms with Crippen molar-refractivity contribution in [2.45, 2.75) is 70.1 Å². The fourth-order valence-electron chi connectivity index (χ4n) is 3.56. The van der Waals surface area contributed by atoms with Crippen LogP contribution >= 0.6 is 0 Å². The predicted molar refractivity (Wildman–Crippen MR) is 77.7 cm³/mol. The maximum Gasteiger partial charge on any atom is 0.240 e. The molecule has 6 nitrogen and oxygen atoms in total. The highest BCUT2D eigenvalue weighted by atomic mass is 16.2. The number of hydrogen-bond acceptors (Lipinski definition) is 4. The van der Waals surface area contributed by atoms with Crippen molar-refractivity contribution in [3.63, 3.8) is 0 Å². The standard InChI is InChI=1S/C15H23N5O/c1-2-13-17-14-11(4-3-8-20(14)18-13)16-12-7-9-19(15(12)21)10-5-6-10/h10-12,16H,2-9H2,1H3/t11-,12+/m1/s1. The van der Waals surface area contributed by atoms with Gasteiger partial charge in [0, 0.05) is 25.6 Å². The number of hydrogen-bond donors (Lipinski definition) is 1. The van der Waals surface area contributed by atoms with Crippen molar-refractivity contribution < 1.29 is 4.79 Å². The molecule has 21 heavy (non-hydrogen) atoms. The first-order valence-electron chi connectivity index (χ1n) is 8.26. The van der Waals surface area contributed by atoms with Crippen LogP contribution in [0.4, 0.5) is 0 Å². The maximum atomic E-state index is 12.5. The van der Waals surface area contributed by atoms with E-state index in [1.165, 1.54) is 12.8 Å². The van der Waals surface area contributed by atoms with E-state index in [9.17, 15) is 4.79 Å². The maximum absolute atomic E-state index is 12.5. The van der Waals surface area contributed by atoms with Crippen LogP contribution in [-0.4, -0.2) is 44.2 Å². The minimum Gasteiger partial charge on any atom is -0.338 e. The van der Waals surface area contributed by atoms with Crippen LogP contribution in [0.5, 0.6) is 0 Å². The molecule has 2 fully saturated rings. The van der Waals surface area contributed by atoms with Gasteiger partial charge >= 0.3 is 0 Å². The zero-order valence-electron chi connectivity index (χ0n) is 12.6. The van der Waals surface area contributed by atoms with Gasteiger partial charge in [0.1, 0.15) is 5.82 Å². The largest absolute Gasteiger partial charge is 0.338 e. The van der Waals surface area contributed by atoms with Crippen LogP contribution in [-0.2, 0) is 17.8 Å². The Morgan fingerprint density at radius 1 is 1.19 bits per heavy atom. The summed E-state index contributed by atoms with van der Waals surface area (Å²) < 4.78 is 2.03. The van der Waals surface area contributed by atoms with Gasteiger partial charge in [-0.25, -0.2) is 9.67 Å². The number of carbonyl (C=O) groups excluding carboxylic acids is 1. The van der Waals surface area contributed by atoms with Gasteiger partial charge in [-0.15, -0.1) is 0 Å². The monoisotopic (exact) mass is 289 g/mol. The van der Waals surface area contributed by atoms with E-state index in [-0.39, 0.29) is 12.1 Å². The van der Waals surface area contributed by atoms with Crippen molar-refractivity contribution in [3.8, 4) is 0 Å². The lowest BCUT2D eigenvalue weighted by Crippen LogP contribution is -2.42. The fourth-order valence-corrected chi connectivity index (χ4v) is 3.56. The molecule has 4 rings (SSSR count). The first kappa shape index (κ1) is 13.2. The number of aromatic nitrogens is 3. The van der Waals surface area contributed by atoms with Crippen LogP contribution < -0.4 is 5.32 Å². The van der Waals surface area contributed by atoms with E-state index < -0.39 is 0 Å². The Morgan fingerprint density at radius 3 is 2.81 bits per heavy atom. The van der Waals surface area contributed by atoms with Crippen molar-refractivity contribution in [2.24, 2.45) is 0 Å². The third-order valence-electron chi connectivity index (χ3n) is 4.86. The predicted octanol–water partition coefficient (Wildman–Crippen LogP) is 1.03. The molecule has 3 aliphatic rings. The highest BCUT2D eigenvalue weighted by Gasteiger charge is 2.41. The molecule has 0 bridgehead atoms. The normalized spacial score (nSPS) is 29.0. The minimum atomic E-state index is -0.0241. The lowest BCUT2D eigenvalue weighted by molar-refractivity contribution is -0.130. The molecule has 1 aromatic heterocycles. The summed E-state index contributed by atoms with van der Waals surface area (Å²) in [6.45, 7) is 3.95. The second kappa shape index (κ2) is 5.09. The van der Waals surface area contributed by atoms with E-state index in [2.05, 4.69) is 27.2 Å². The van der Waals surface area contributed by atoms with Gasteiger partial charge in [-0.2, -0.15) is 5.10 Å². The van der Waals surface area contributed by atoms with Gasteiger partial charge in [0.05, 0.1) is 12.1 Å². The molecule has 1 aliphatic carbocycles. The molecule has 2 atom stereocenters. The highest BCUT2D eigenvalue weighted by Crippen LogP contribution is 2.32. The minimum absolute atomic E-state index is 0.0241. The van der Waals surface area contributed by atoms with E-state index in [1.54, 1.807) is 0 Å². The van der Waals surface area contributed by atoms with Crippen molar-refractivity contribution in [1.29, 1.82) is 0 Å². The first-order chi connectivity index (χ1) is 10.3. The average molecular weight is 289 g/mol. The number of likely N-dealkylation sites (tertiary alicyclic amines) is 1. The summed E-state index contributed by atoms with van der Waals surface area (Å²) in [7, 11) is 0. The lowest BCUT2D eigenvalue weighted by Gasteiger charge is -2.26. The molecule has 1 saturated heterocycles. The second-order valence-corrected chi connectivity index (χ2v) is 6.43. The summed E-state index contributed by atoms with van der Waals surface area (Å²) in [5, 5.41) is 8.10. The summed E-state index contributed by atoms with van der Waals surface area (Å²) >= 11 is 0. The number of amides is 1. The Kier molecular flexibility index (Phi) is 3.21. The molecular formula is C15H23N5O. The number of fused-ring (bicyclic) bond motifs is 1. The Hall–Kier alpha value is -1.43. The quantitative estimate of drug-likeness (QED) is 0.899. The van der Waals surface area contributed by atoms with Crippen molar-refractivity contribution in [3.05, 3.63) is 11.6 Å². The number of nitrogens with one attached hydrogen (secondary N) is 1. The Labute approximate surface area is 124 Å². The fraction of sp³-hybridized carbons (Fsp3) is 0.800. The van der Waals surface area contributed by atoms with E-state index in [4.69, 9.17) is 0 Å². The van der Waals surface area contributed by atoms with Crippen LogP contribution in [0.15, 0.2) is 0 Å². The summed E-state index contributed by atoms with van der Waals surface area (Å²) in [5.41, 5.74) is 0. The van der Waals surface area contributed by atoms with E-state index in [0.29, 0.717) is 11.9 Å². The van der Waals surface area contributed by atoms with Crippen molar-refractivity contribution in [1.82, 2.24) is 25.0 Å². The van der Waals surface area contributed by atoms with Gasteiger partial charge in [-0.05, 0) is 32.1 Å². The smallest absolute Gasteiger partial charge is 0.240 e. The molecule has 2 aliphatic heterocycles. The average Bonchev–Trinajstić information content (AvgIpc) is 3.14. The van der Waals surface area contributed by atoms with Crippen LogP contribution in [0.1, 0.15) is 56.7 Å². The molecule has 0 radical (unpaired) electrons. The molecular weight excluding hydrogens is 266 g/mol. The molecule has 1 amide bonds. The molecule has 3 heterocycles. The van der Waals surface area contributed by atoms with Gasteiger partial charge in [0.2, 0.25) is 5.91 Å². The third kappa shape index (κ3) is 2.35. The Balaban J connectivity index is 1.48. The Bertz CT molecular complexity index is 550. The van der Waals surface area contributed by atoms with Gasteiger partial charge in [0.15, 0.2) is 5.82 Å². The molecule has 0 spiro atoms. The summed E-state index contributed by atoms with van der Waals surface area (Å²) in [6, 6.07) is 0.689. The van der Waals surface area contributed by atoms with E-state index in [0.717, 1.165) is 50.4 Å². The summed E-state index contributed by atoms with van der Waals surface area (Å²) in [6.07, 6.45) is 6.33. The molecule has 1 N–H and O–H groups in total. The zero-order valence-corrected chi connectivity index (χ0v) is 12.6. The van der Waals surface area contributed by atoms with Gasteiger partial charge < -0.3 is 4.90 Å². The van der Waals surface area contributed by atoms with Crippen LogP contribution in [0.25, 0.3) is 0 Å². The van der Waals surface area contributed by atoms with Crippen LogP contribution in [0, 0.1) is 0 Å². The highest BCUT2D eigenvalue weighted by molar-refractivity contribution is 5.84. The Morgan fingerprint density at radius 2 is 2.05 bits per heavy atom. The summed E-state index contributed by atoms with van der Waals surface area (Å²) in [5.74, 6) is 2.23. The number of aryl methyl sites for hydroxylation is 2. The SMILES string of the molecule is CCc1nc2n(n1)CCC[C@H]2N[C@H]1CCN(C2CC2)C1=O. The molecule has 0 unspecified atom stereocenters. The van der Waals surface area contributed by atoms with Crippen LogP contribution in [0.3, 0.4) is 0 Å². The third-order valence-corrected chi connectivity index (χ3v) is 4.86. The van der Waals surface area contributed by atoms with Gasteiger partial charge in [-0.3, -0.25) is 10.1 Å². The van der Waals surface area contributed by atoms with E-state index in [1.807, 2.05) is 4.68 Å². The number of rotatable bonds is 4. The summed E-state index contributed by atoms with van der Waals surface area (Å²) in [4.78, 5) is 19.2. The van der Waals surface area contributed by atoms with E-state index >= 15 is 0 Å². The van der Waals surface area contributed by atoms with Crippen molar-refractivity contribution >= 4 is 5.91 Å². The molecule has 1 saturated carbocycles. The lowest BCUT2D eigenvalue weighted by atomic mass is 10.1. The van der Waals surface area contributed by atoms with Gasteiger partial charge in [0.25, 0.3) is 0 Å². The van der Waals surface area contributed by atoms with Crippen LogP contribution in [0.2, 0.25) is 0 Å². The number of nitrogens with zero attached hydrogens (tertiary/aromatic N) is 4. The molecule has 0 aromatic carbocycles. The second-order valence-electron chi connectivity index (χ2n) is 6.43. The number of carbonyl (C=O) groups is 1. The first-order valence-corrected chi connectivity index (χ1v) is 8.26. The molecule has 114 valence electrons. The van der Waals surface area contributed by atoms with Gasteiger partial charge in [-0.1, -0.05) is 6.92 Å².